The van der Waals surface area contributed by atoms with Crippen molar-refractivity contribution in [2.24, 2.45) is 14.1 Å². The van der Waals surface area contributed by atoms with Crippen molar-refractivity contribution in [2.45, 2.75) is 37.6 Å². The molecule has 0 spiro atoms. The number of hydrogen-bond acceptors (Lipinski definition) is 3. The Morgan fingerprint density at radius 3 is 2.45 bits per heavy atom. The molecule has 29 heavy (non-hydrogen) atoms. The minimum absolute atomic E-state index is 0.615. The lowest BCUT2D eigenvalue weighted by atomic mass is 9.81. The topological polar surface area (TPSA) is 38.9 Å². The highest BCUT2D eigenvalue weighted by Crippen LogP contribution is 2.40. The largest absolute Gasteiger partial charge is 0.335 e. The number of nitrogens with zero attached hydrogens (tertiary/aromatic N) is 5. The van der Waals surface area contributed by atoms with E-state index < -0.39 is 0 Å². The number of benzene rings is 1. The zero-order valence-corrected chi connectivity index (χ0v) is 17.8. The molecule has 0 N–H and O–H groups in total. The Kier molecular flexibility index (Phi) is 4.43. The Morgan fingerprint density at radius 1 is 0.966 bits per heavy atom. The van der Waals surface area contributed by atoms with Crippen LogP contribution in [0.3, 0.4) is 0 Å². The first-order valence-corrected chi connectivity index (χ1v) is 10.5. The standard InChI is InChI=1S/C24H29N5/c1-27(2)20-9-7-16(8-10-20)22-15-28(3)24-23(22)21-11-17(5-6-18(21)12-25-24)19-13-26-29(4)14-19/h5-6,11-16,20H,7-10H2,1-4H3/t16-,20+. The van der Waals surface area contributed by atoms with Gasteiger partial charge in [-0.2, -0.15) is 5.10 Å². The number of aryl methyl sites for hydroxylation is 2. The van der Waals surface area contributed by atoms with Gasteiger partial charge in [-0.05, 0) is 68.3 Å². The van der Waals surface area contributed by atoms with Crippen molar-refractivity contribution in [3.63, 3.8) is 0 Å². The molecule has 0 atom stereocenters. The Hall–Kier alpha value is -2.66. The molecule has 1 aliphatic carbocycles. The smallest absolute Gasteiger partial charge is 0.140 e. The predicted molar refractivity (Wildman–Crippen MR) is 119 cm³/mol. The molecule has 0 bridgehead atoms. The molecule has 0 radical (unpaired) electrons. The van der Waals surface area contributed by atoms with E-state index in [4.69, 9.17) is 4.98 Å². The molecule has 5 nitrogen and oxygen atoms in total. The van der Waals surface area contributed by atoms with Gasteiger partial charge in [-0.25, -0.2) is 4.98 Å². The Balaban J connectivity index is 1.64. The second kappa shape index (κ2) is 6.99. The molecule has 1 aromatic carbocycles. The van der Waals surface area contributed by atoms with Gasteiger partial charge in [0.25, 0.3) is 0 Å². The Bertz CT molecular complexity index is 1170. The molecule has 5 rings (SSSR count). The molecule has 5 heteroatoms. The number of rotatable bonds is 3. The van der Waals surface area contributed by atoms with Gasteiger partial charge >= 0.3 is 0 Å². The summed E-state index contributed by atoms with van der Waals surface area (Å²) < 4.78 is 4.07. The van der Waals surface area contributed by atoms with E-state index in [1.807, 2.05) is 24.1 Å². The summed E-state index contributed by atoms with van der Waals surface area (Å²) in [5.41, 5.74) is 4.93. The molecule has 1 saturated carbocycles. The van der Waals surface area contributed by atoms with E-state index in [0.29, 0.717) is 12.0 Å². The van der Waals surface area contributed by atoms with E-state index >= 15 is 0 Å². The van der Waals surface area contributed by atoms with Crippen LogP contribution in [0.1, 0.15) is 37.2 Å². The maximum Gasteiger partial charge on any atom is 0.140 e. The monoisotopic (exact) mass is 387 g/mol. The van der Waals surface area contributed by atoms with Crippen molar-refractivity contribution in [3.8, 4) is 11.1 Å². The first-order chi connectivity index (χ1) is 14.0. The van der Waals surface area contributed by atoms with Gasteiger partial charge in [0, 0.05) is 55.1 Å². The zero-order valence-electron chi connectivity index (χ0n) is 17.8. The van der Waals surface area contributed by atoms with Crippen LogP contribution in [0.2, 0.25) is 0 Å². The minimum atomic E-state index is 0.615. The van der Waals surface area contributed by atoms with Gasteiger partial charge in [0.2, 0.25) is 0 Å². The molecule has 3 heterocycles. The second-order valence-electron chi connectivity index (χ2n) is 8.83. The highest BCUT2D eigenvalue weighted by Gasteiger charge is 2.26. The SMILES string of the molecule is Cn1cc(-c2ccc3cnc4c(c3c2)c([C@H]2CC[C@@H](N(C)C)CC2)cn4C)cn1. The van der Waals surface area contributed by atoms with E-state index in [0.717, 1.165) is 11.2 Å². The van der Waals surface area contributed by atoms with Crippen LogP contribution in [0.15, 0.2) is 43.0 Å². The van der Waals surface area contributed by atoms with Gasteiger partial charge in [-0.3, -0.25) is 4.68 Å². The van der Waals surface area contributed by atoms with Gasteiger partial charge in [0.15, 0.2) is 0 Å². The van der Waals surface area contributed by atoms with E-state index in [-0.39, 0.29) is 0 Å². The van der Waals surface area contributed by atoms with E-state index in [2.05, 4.69) is 66.3 Å². The van der Waals surface area contributed by atoms with Gasteiger partial charge in [-0.1, -0.05) is 12.1 Å². The molecule has 3 aromatic heterocycles. The van der Waals surface area contributed by atoms with Crippen molar-refractivity contribution in [1.29, 1.82) is 0 Å². The fraction of sp³-hybridized carbons (Fsp3) is 0.417. The van der Waals surface area contributed by atoms with Crippen LogP contribution in [0, 0.1) is 0 Å². The first-order valence-electron chi connectivity index (χ1n) is 10.5. The maximum atomic E-state index is 4.81. The lowest BCUT2D eigenvalue weighted by molar-refractivity contribution is 0.217. The van der Waals surface area contributed by atoms with Crippen LogP contribution in [0.25, 0.3) is 32.9 Å². The normalized spacial score (nSPS) is 20.2. The van der Waals surface area contributed by atoms with Gasteiger partial charge in [-0.15, -0.1) is 0 Å². The lowest BCUT2D eigenvalue weighted by Gasteiger charge is -2.32. The summed E-state index contributed by atoms with van der Waals surface area (Å²) >= 11 is 0. The number of fused-ring (bicyclic) bond motifs is 3. The summed E-state index contributed by atoms with van der Waals surface area (Å²) in [5.74, 6) is 0.615. The third kappa shape index (κ3) is 3.14. The molecule has 4 aromatic rings. The van der Waals surface area contributed by atoms with Gasteiger partial charge in [0.05, 0.1) is 6.20 Å². The Labute approximate surface area is 172 Å². The van der Waals surface area contributed by atoms with Crippen LogP contribution in [-0.2, 0) is 14.1 Å². The van der Waals surface area contributed by atoms with E-state index in [1.165, 1.54) is 53.0 Å². The highest BCUT2D eigenvalue weighted by atomic mass is 15.2. The van der Waals surface area contributed by atoms with Crippen LogP contribution < -0.4 is 0 Å². The molecule has 0 amide bonds. The maximum absolute atomic E-state index is 4.81. The van der Waals surface area contributed by atoms with Crippen molar-refractivity contribution in [2.75, 3.05) is 14.1 Å². The molecular formula is C24H29N5. The zero-order chi connectivity index (χ0) is 20.1. The van der Waals surface area contributed by atoms with Crippen LogP contribution in [0.5, 0.6) is 0 Å². The fourth-order valence-electron chi connectivity index (χ4n) is 5.05. The number of hydrogen-bond donors (Lipinski definition) is 0. The second-order valence-corrected chi connectivity index (χ2v) is 8.83. The molecule has 150 valence electrons. The van der Waals surface area contributed by atoms with Crippen molar-refractivity contribution < 1.29 is 0 Å². The van der Waals surface area contributed by atoms with Gasteiger partial charge < -0.3 is 9.47 Å². The van der Waals surface area contributed by atoms with Gasteiger partial charge in [0.1, 0.15) is 5.65 Å². The van der Waals surface area contributed by atoms with Crippen LogP contribution >= 0.6 is 0 Å². The average molecular weight is 388 g/mol. The van der Waals surface area contributed by atoms with E-state index in [1.54, 1.807) is 0 Å². The summed E-state index contributed by atoms with van der Waals surface area (Å²) in [7, 11) is 8.51. The predicted octanol–water partition coefficient (Wildman–Crippen LogP) is 4.71. The summed E-state index contributed by atoms with van der Waals surface area (Å²) in [6, 6.07) is 7.42. The summed E-state index contributed by atoms with van der Waals surface area (Å²) in [6.07, 6.45) is 13.4. The van der Waals surface area contributed by atoms with Crippen molar-refractivity contribution >= 4 is 21.8 Å². The quantitative estimate of drug-likeness (QED) is 0.511. The van der Waals surface area contributed by atoms with Crippen molar-refractivity contribution in [1.82, 2.24) is 24.2 Å². The Morgan fingerprint density at radius 2 is 1.76 bits per heavy atom. The summed E-state index contributed by atoms with van der Waals surface area (Å²) in [4.78, 5) is 7.20. The molecular weight excluding hydrogens is 358 g/mol. The van der Waals surface area contributed by atoms with Crippen molar-refractivity contribution in [3.05, 3.63) is 48.5 Å². The third-order valence-electron chi connectivity index (χ3n) is 6.73. The molecule has 0 unspecified atom stereocenters. The number of pyridine rings is 1. The third-order valence-corrected chi connectivity index (χ3v) is 6.73. The molecule has 1 aliphatic rings. The molecule has 0 aliphatic heterocycles. The molecule has 0 saturated heterocycles. The summed E-state index contributed by atoms with van der Waals surface area (Å²) in [6.45, 7) is 0. The lowest BCUT2D eigenvalue weighted by Crippen LogP contribution is -2.31. The minimum Gasteiger partial charge on any atom is -0.335 e. The average Bonchev–Trinajstić information content (AvgIpc) is 3.31. The van der Waals surface area contributed by atoms with Crippen LogP contribution in [0.4, 0.5) is 0 Å². The highest BCUT2D eigenvalue weighted by molar-refractivity contribution is 6.08. The molecule has 1 fully saturated rings. The fourth-order valence-corrected chi connectivity index (χ4v) is 5.05. The first kappa shape index (κ1) is 18.4. The summed E-state index contributed by atoms with van der Waals surface area (Å²) in [5, 5.41) is 8.20. The number of aromatic nitrogens is 4. The van der Waals surface area contributed by atoms with E-state index in [9.17, 15) is 0 Å². The van der Waals surface area contributed by atoms with Crippen LogP contribution in [-0.4, -0.2) is 44.4 Å².